The van der Waals surface area contributed by atoms with Gasteiger partial charge in [-0.05, 0) is 25.7 Å². The topological polar surface area (TPSA) is 46.6 Å². The van der Waals surface area contributed by atoms with Crippen molar-refractivity contribution in [2.24, 2.45) is 5.92 Å². The maximum Gasteiger partial charge on any atom is 0.305 e. The summed E-state index contributed by atoms with van der Waals surface area (Å²) in [6.45, 7) is 8.78. The number of hydrogen-bond acceptors (Lipinski definition) is 5. The van der Waals surface area contributed by atoms with E-state index in [4.69, 9.17) is 4.74 Å². The van der Waals surface area contributed by atoms with Crippen LogP contribution in [0.4, 0.5) is 0 Å². The van der Waals surface area contributed by atoms with E-state index in [9.17, 15) is 9.59 Å². The van der Waals surface area contributed by atoms with Crippen molar-refractivity contribution < 1.29 is 14.3 Å². The van der Waals surface area contributed by atoms with Crippen LogP contribution in [0.15, 0.2) is 10.6 Å². The molecule has 134 valence electrons. The van der Waals surface area contributed by atoms with Crippen LogP contribution in [0.1, 0.15) is 59.8 Å². The van der Waals surface area contributed by atoms with Gasteiger partial charge in [0.1, 0.15) is 0 Å². The largest absolute Gasteiger partial charge is 0.465 e. The van der Waals surface area contributed by atoms with Gasteiger partial charge in [-0.25, -0.2) is 0 Å². The van der Waals surface area contributed by atoms with Crippen LogP contribution in [-0.2, 0) is 14.3 Å². The molecule has 0 aliphatic carbocycles. The second-order valence-corrected chi connectivity index (χ2v) is 8.40. The van der Waals surface area contributed by atoms with Gasteiger partial charge in [0.25, 0.3) is 0 Å². The zero-order chi connectivity index (χ0) is 17.7. The third kappa shape index (κ3) is 11.5. The third-order valence-corrected chi connectivity index (χ3v) is 6.03. The molecule has 0 saturated heterocycles. The molecule has 0 aromatic heterocycles. The van der Waals surface area contributed by atoms with Gasteiger partial charge in [-0.15, -0.1) is 0 Å². The van der Waals surface area contributed by atoms with Gasteiger partial charge in [-0.2, -0.15) is 0 Å². The van der Waals surface area contributed by atoms with Crippen LogP contribution in [0.25, 0.3) is 0 Å². The lowest BCUT2D eigenvalue weighted by atomic mass is 10.2. The number of nitrogens with zero attached hydrogens (tertiary/aromatic N) is 1. The summed E-state index contributed by atoms with van der Waals surface area (Å²) in [5.74, 6) is 1.62. The van der Waals surface area contributed by atoms with E-state index in [2.05, 4.69) is 20.8 Å². The molecule has 4 nitrogen and oxygen atoms in total. The summed E-state index contributed by atoms with van der Waals surface area (Å²) in [6, 6.07) is 0. The Balaban J connectivity index is 4.44. The fraction of sp³-hybridized carbons (Fsp3) is 0.765. The molecule has 0 heterocycles. The molecule has 0 rings (SSSR count). The Bertz CT molecular complexity index is 384. The van der Waals surface area contributed by atoms with Crippen molar-refractivity contribution in [2.45, 2.75) is 59.8 Å². The van der Waals surface area contributed by atoms with Crippen LogP contribution in [0, 0.1) is 5.92 Å². The van der Waals surface area contributed by atoms with E-state index in [1.165, 1.54) is 6.42 Å². The molecular formula is C17H31NO3S2. The summed E-state index contributed by atoms with van der Waals surface area (Å²) >= 11 is 0. The summed E-state index contributed by atoms with van der Waals surface area (Å²) in [5, 5.41) is 0. The quantitative estimate of drug-likeness (QED) is 0.203. The normalized spacial score (nSPS) is 12.1. The molecule has 0 aliphatic heterocycles. The first kappa shape index (κ1) is 22.4. The van der Waals surface area contributed by atoms with Crippen molar-refractivity contribution in [3.63, 3.8) is 0 Å². The fourth-order valence-corrected chi connectivity index (χ4v) is 4.41. The van der Waals surface area contributed by atoms with E-state index in [0.717, 1.165) is 35.6 Å². The molecule has 0 spiro atoms. The molecule has 0 atom stereocenters. The molecule has 0 saturated carbocycles. The van der Waals surface area contributed by atoms with E-state index in [0.29, 0.717) is 25.4 Å². The minimum Gasteiger partial charge on any atom is -0.465 e. The maximum atomic E-state index is 11.6. The summed E-state index contributed by atoms with van der Waals surface area (Å²) in [6.07, 6.45) is 4.97. The maximum absolute atomic E-state index is 11.6. The van der Waals surface area contributed by atoms with E-state index < -0.39 is 0 Å². The van der Waals surface area contributed by atoms with Gasteiger partial charge >= 0.3 is 5.97 Å². The lowest BCUT2D eigenvalue weighted by Gasteiger charge is -2.17. The Morgan fingerprint density at radius 3 is 2.57 bits per heavy atom. The highest BCUT2D eigenvalue weighted by Crippen LogP contribution is 2.35. The highest BCUT2D eigenvalue weighted by atomic mass is 33.1. The zero-order valence-corrected chi connectivity index (χ0v) is 16.7. The van der Waals surface area contributed by atoms with Gasteiger partial charge in [0.2, 0.25) is 6.41 Å². The predicted octanol–water partition coefficient (Wildman–Crippen LogP) is 4.86. The van der Waals surface area contributed by atoms with E-state index in [1.807, 2.05) is 6.92 Å². The van der Waals surface area contributed by atoms with Gasteiger partial charge in [-0.1, -0.05) is 48.8 Å². The predicted molar refractivity (Wildman–Crippen MR) is 101 cm³/mol. The SMILES string of the molecule is CCCCC(=O)OCC/C(SSCCC(C)C)=C(\C)N(C)C=O. The molecule has 23 heavy (non-hydrogen) atoms. The van der Waals surface area contributed by atoms with Crippen LogP contribution >= 0.6 is 21.6 Å². The van der Waals surface area contributed by atoms with Gasteiger partial charge in [0, 0.05) is 36.2 Å². The summed E-state index contributed by atoms with van der Waals surface area (Å²) in [4.78, 5) is 25.2. The monoisotopic (exact) mass is 361 g/mol. The molecule has 0 aromatic carbocycles. The van der Waals surface area contributed by atoms with Crippen LogP contribution in [-0.4, -0.2) is 36.7 Å². The first-order valence-corrected chi connectivity index (χ1v) is 10.6. The number of ether oxygens (including phenoxy) is 1. The van der Waals surface area contributed by atoms with Crippen molar-refractivity contribution in [1.82, 2.24) is 4.90 Å². The van der Waals surface area contributed by atoms with Gasteiger partial charge in [-0.3, -0.25) is 9.59 Å². The first-order valence-electron chi connectivity index (χ1n) is 8.25. The molecule has 0 fully saturated rings. The minimum absolute atomic E-state index is 0.134. The Labute approximate surface area is 149 Å². The van der Waals surface area contributed by atoms with Crippen LogP contribution in [0.2, 0.25) is 0 Å². The lowest BCUT2D eigenvalue weighted by Crippen LogP contribution is -2.15. The van der Waals surface area contributed by atoms with Crippen molar-refractivity contribution in [2.75, 3.05) is 19.4 Å². The molecular weight excluding hydrogens is 330 g/mol. The standard InChI is InChI=1S/C17H31NO3S2/c1-6-7-8-17(20)21-11-9-16(15(4)18(5)13-19)23-22-12-10-14(2)3/h13-14H,6-12H2,1-5H3/b16-15-. The number of carbonyl (C=O) groups is 2. The summed E-state index contributed by atoms with van der Waals surface area (Å²) < 4.78 is 5.28. The van der Waals surface area contributed by atoms with Crippen molar-refractivity contribution in [3.8, 4) is 0 Å². The Hall–Kier alpha value is -0.620. The zero-order valence-electron chi connectivity index (χ0n) is 15.1. The third-order valence-electron chi connectivity index (χ3n) is 3.36. The average molecular weight is 362 g/mol. The molecule has 0 aliphatic rings. The molecule has 0 bridgehead atoms. The number of carbonyl (C=O) groups excluding carboxylic acids is 2. The first-order chi connectivity index (χ1) is 10.9. The van der Waals surface area contributed by atoms with E-state index in [-0.39, 0.29) is 5.97 Å². The van der Waals surface area contributed by atoms with E-state index in [1.54, 1.807) is 33.5 Å². The fourth-order valence-electron chi connectivity index (χ4n) is 1.61. The number of unbranched alkanes of at least 4 members (excludes halogenated alkanes) is 1. The van der Waals surface area contributed by atoms with Crippen LogP contribution < -0.4 is 0 Å². The molecule has 0 N–H and O–H groups in total. The van der Waals surface area contributed by atoms with Gasteiger partial charge in [0.15, 0.2) is 0 Å². The van der Waals surface area contributed by atoms with E-state index >= 15 is 0 Å². The van der Waals surface area contributed by atoms with Crippen molar-refractivity contribution >= 4 is 34.0 Å². The molecule has 0 unspecified atom stereocenters. The number of allylic oxidation sites excluding steroid dienone is 1. The minimum atomic E-state index is -0.134. The Morgan fingerprint density at radius 1 is 1.30 bits per heavy atom. The number of amides is 1. The molecule has 1 amide bonds. The number of hydrogen-bond donors (Lipinski definition) is 0. The summed E-state index contributed by atoms with van der Waals surface area (Å²) in [7, 11) is 5.23. The number of esters is 1. The van der Waals surface area contributed by atoms with Crippen LogP contribution in [0.3, 0.4) is 0 Å². The molecule has 6 heteroatoms. The van der Waals surface area contributed by atoms with Gasteiger partial charge < -0.3 is 9.64 Å². The average Bonchev–Trinajstić information content (AvgIpc) is 2.53. The Kier molecular flexibility index (Phi) is 13.4. The molecule has 0 radical (unpaired) electrons. The van der Waals surface area contributed by atoms with Crippen LogP contribution in [0.5, 0.6) is 0 Å². The molecule has 0 aromatic rings. The highest BCUT2D eigenvalue weighted by molar-refractivity contribution is 8.78. The second kappa shape index (κ2) is 13.8. The Morgan fingerprint density at radius 2 is 2.00 bits per heavy atom. The number of rotatable bonds is 13. The van der Waals surface area contributed by atoms with Crippen molar-refractivity contribution in [3.05, 3.63) is 10.6 Å². The van der Waals surface area contributed by atoms with Crippen molar-refractivity contribution in [1.29, 1.82) is 0 Å². The smallest absolute Gasteiger partial charge is 0.305 e. The lowest BCUT2D eigenvalue weighted by molar-refractivity contribution is -0.143. The second-order valence-electron chi connectivity index (χ2n) is 5.89. The summed E-state index contributed by atoms with van der Waals surface area (Å²) in [5.41, 5.74) is 0.923. The van der Waals surface area contributed by atoms with Gasteiger partial charge in [0.05, 0.1) is 6.61 Å². The highest BCUT2D eigenvalue weighted by Gasteiger charge is 2.10.